The Bertz CT molecular complexity index is 260. The number of nitrogens with zero attached hydrogens (tertiary/aromatic N) is 1. The molecule has 0 bridgehead atoms. The van der Waals surface area contributed by atoms with Gasteiger partial charge < -0.3 is 14.7 Å². The van der Waals surface area contributed by atoms with Crippen LogP contribution in [-0.2, 0) is 24.0 Å². The Balaban J connectivity index is 2.31. The van der Waals surface area contributed by atoms with Gasteiger partial charge in [0.2, 0.25) is 0 Å². The van der Waals surface area contributed by atoms with Crippen molar-refractivity contribution in [1.29, 1.82) is 0 Å². The average Bonchev–Trinajstić information content (AvgIpc) is 2.50. The first-order valence-corrected chi connectivity index (χ1v) is 4.40. The highest BCUT2D eigenvalue weighted by atomic mass is 16.7. The highest BCUT2D eigenvalue weighted by molar-refractivity contribution is 6.01. The van der Waals surface area contributed by atoms with Crippen LogP contribution >= 0.6 is 0 Å². The van der Waals surface area contributed by atoms with E-state index in [0.717, 1.165) is 0 Å². The van der Waals surface area contributed by atoms with Gasteiger partial charge in [-0.25, -0.2) is 4.79 Å². The van der Waals surface area contributed by atoms with E-state index in [1.54, 1.807) is 0 Å². The van der Waals surface area contributed by atoms with Crippen LogP contribution in [0.3, 0.4) is 0 Å². The fraction of sp³-hybridized carbons (Fsp3) is 0.625. The normalized spacial score (nSPS) is 15.9. The van der Waals surface area contributed by atoms with E-state index in [2.05, 4.69) is 9.57 Å². The second-order valence-corrected chi connectivity index (χ2v) is 2.82. The van der Waals surface area contributed by atoms with Crippen molar-refractivity contribution in [3.63, 3.8) is 0 Å². The van der Waals surface area contributed by atoms with Crippen molar-refractivity contribution in [3.05, 3.63) is 0 Å². The highest BCUT2D eigenvalue weighted by Gasteiger charge is 2.32. The maximum Gasteiger partial charge on any atom is 0.358 e. The number of imide groups is 1. The van der Waals surface area contributed by atoms with Crippen molar-refractivity contribution in [2.45, 2.75) is 12.8 Å². The van der Waals surface area contributed by atoms with Gasteiger partial charge in [-0.05, 0) is 0 Å². The van der Waals surface area contributed by atoms with Crippen LogP contribution < -0.4 is 0 Å². The summed E-state index contributed by atoms with van der Waals surface area (Å²) in [7, 11) is 0. The molecule has 0 saturated carbocycles. The zero-order valence-corrected chi connectivity index (χ0v) is 7.97. The third kappa shape index (κ3) is 3.30. The number of rotatable bonds is 5. The number of hydroxylamine groups is 2. The predicted molar refractivity (Wildman–Crippen MR) is 45.1 cm³/mol. The number of aliphatic hydroxyl groups is 1. The number of amides is 2. The lowest BCUT2D eigenvalue weighted by molar-refractivity contribution is -0.200. The molecule has 2 amide bonds. The molecule has 0 unspecified atom stereocenters. The molecule has 0 spiro atoms. The molecule has 0 aromatic heterocycles. The Labute approximate surface area is 85.5 Å². The second kappa shape index (κ2) is 5.42. The Hall–Kier alpha value is -1.47. The van der Waals surface area contributed by atoms with E-state index >= 15 is 0 Å². The summed E-state index contributed by atoms with van der Waals surface area (Å²) in [6, 6.07) is 0. The molecule has 1 fully saturated rings. The van der Waals surface area contributed by atoms with E-state index in [4.69, 9.17) is 5.11 Å². The van der Waals surface area contributed by atoms with Crippen LogP contribution in [-0.4, -0.2) is 47.8 Å². The van der Waals surface area contributed by atoms with E-state index in [-0.39, 0.29) is 26.1 Å². The summed E-state index contributed by atoms with van der Waals surface area (Å²) < 4.78 is 4.65. The van der Waals surface area contributed by atoms with Gasteiger partial charge in [0.1, 0.15) is 6.61 Å². The summed E-state index contributed by atoms with van der Waals surface area (Å²) in [4.78, 5) is 37.5. The minimum absolute atomic E-state index is 0.00298. The molecule has 0 radical (unpaired) electrons. The van der Waals surface area contributed by atoms with Crippen LogP contribution in [0.15, 0.2) is 0 Å². The standard InChI is InChI=1S/C8H11NO6/c10-3-4-14-5-8(13)15-9-6(11)1-2-7(9)12/h10H,1-5H2. The number of hydrogen-bond donors (Lipinski definition) is 1. The molecule has 1 aliphatic heterocycles. The predicted octanol–water partition coefficient (Wildman–Crippen LogP) is -1.40. The van der Waals surface area contributed by atoms with Crippen molar-refractivity contribution in [2.75, 3.05) is 19.8 Å². The average molecular weight is 217 g/mol. The second-order valence-electron chi connectivity index (χ2n) is 2.82. The summed E-state index contributed by atoms with van der Waals surface area (Å²) in [5, 5.41) is 8.80. The van der Waals surface area contributed by atoms with Crippen LogP contribution in [0.25, 0.3) is 0 Å². The van der Waals surface area contributed by atoms with Crippen molar-refractivity contribution in [2.24, 2.45) is 0 Å². The molecule has 84 valence electrons. The molecule has 1 N–H and O–H groups in total. The lowest BCUT2D eigenvalue weighted by atomic mass is 10.4. The molecule has 0 aromatic carbocycles. The number of carbonyl (C=O) groups excluding carboxylic acids is 3. The van der Waals surface area contributed by atoms with E-state index in [1.165, 1.54) is 0 Å². The van der Waals surface area contributed by atoms with Crippen molar-refractivity contribution < 1.29 is 29.1 Å². The lowest BCUT2D eigenvalue weighted by Gasteiger charge is -2.12. The molecule has 0 aliphatic carbocycles. The van der Waals surface area contributed by atoms with Crippen LogP contribution in [0, 0.1) is 0 Å². The highest BCUT2D eigenvalue weighted by Crippen LogP contribution is 2.11. The molecule has 1 saturated heterocycles. The third-order valence-corrected chi connectivity index (χ3v) is 1.65. The topological polar surface area (TPSA) is 93.1 Å². The molecule has 15 heavy (non-hydrogen) atoms. The smallest absolute Gasteiger partial charge is 0.358 e. The van der Waals surface area contributed by atoms with Gasteiger partial charge in [0.15, 0.2) is 0 Å². The Morgan fingerprint density at radius 2 is 1.93 bits per heavy atom. The minimum Gasteiger partial charge on any atom is -0.394 e. The molecule has 1 rings (SSSR count). The molecule has 7 nitrogen and oxygen atoms in total. The van der Waals surface area contributed by atoms with Crippen LogP contribution in [0.5, 0.6) is 0 Å². The van der Waals surface area contributed by atoms with Gasteiger partial charge in [0.05, 0.1) is 13.2 Å². The van der Waals surface area contributed by atoms with Crippen LogP contribution in [0.1, 0.15) is 12.8 Å². The first kappa shape index (κ1) is 11.6. The first-order valence-electron chi connectivity index (χ1n) is 4.40. The Morgan fingerprint density at radius 1 is 1.33 bits per heavy atom. The minimum atomic E-state index is -0.841. The number of carbonyl (C=O) groups is 3. The van der Waals surface area contributed by atoms with Crippen molar-refractivity contribution in [3.8, 4) is 0 Å². The maximum absolute atomic E-state index is 11.0. The van der Waals surface area contributed by atoms with Crippen molar-refractivity contribution >= 4 is 17.8 Å². The van der Waals surface area contributed by atoms with E-state index in [0.29, 0.717) is 5.06 Å². The Morgan fingerprint density at radius 3 is 2.47 bits per heavy atom. The molecular formula is C8H11NO6. The fourth-order valence-electron chi connectivity index (χ4n) is 1.01. The van der Waals surface area contributed by atoms with Gasteiger partial charge in [-0.1, -0.05) is 0 Å². The molecular weight excluding hydrogens is 206 g/mol. The summed E-state index contributed by atoms with van der Waals surface area (Å²) in [6.45, 7) is -0.622. The van der Waals surface area contributed by atoms with Crippen LogP contribution in [0.2, 0.25) is 0 Å². The van der Waals surface area contributed by atoms with Crippen LogP contribution in [0.4, 0.5) is 0 Å². The number of ether oxygens (including phenoxy) is 1. The summed E-state index contributed by atoms with van der Waals surface area (Å²) in [5.74, 6) is -1.90. The molecule has 1 heterocycles. The molecule has 7 heteroatoms. The van der Waals surface area contributed by atoms with Crippen molar-refractivity contribution in [1.82, 2.24) is 5.06 Å². The summed E-state index contributed by atoms with van der Waals surface area (Å²) >= 11 is 0. The largest absolute Gasteiger partial charge is 0.394 e. The lowest BCUT2D eigenvalue weighted by Crippen LogP contribution is -2.33. The zero-order valence-electron chi connectivity index (χ0n) is 7.97. The van der Waals surface area contributed by atoms with E-state index < -0.39 is 24.4 Å². The van der Waals surface area contributed by atoms with Gasteiger partial charge in [-0.15, -0.1) is 5.06 Å². The van der Waals surface area contributed by atoms with E-state index in [9.17, 15) is 14.4 Å². The van der Waals surface area contributed by atoms with Gasteiger partial charge >= 0.3 is 5.97 Å². The van der Waals surface area contributed by atoms with E-state index in [1.807, 2.05) is 0 Å². The van der Waals surface area contributed by atoms with Gasteiger partial charge in [-0.3, -0.25) is 9.59 Å². The van der Waals surface area contributed by atoms with Gasteiger partial charge in [0.25, 0.3) is 11.8 Å². The Kier molecular flexibility index (Phi) is 4.19. The SMILES string of the molecule is O=C(COCCO)ON1C(=O)CCC1=O. The maximum atomic E-state index is 11.0. The quantitative estimate of drug-likeness (QED) is 0.450. The number of aliphatic hydroxyl groups excluding tert-OH is 1. The molecule has 0 atom stereocenters. The monoisotopic (exact) mass is 217 g/mol. The van der Waals surface area contributed by atoms with Gasteiger partial charge in [0, 0.05) is 12.8 Å². The summed E-state index contributed by atoms with van der Waals surface area (Å²) in [5.41, 5.74) is 0. The zero-order chi connectivity index (χ0) is 11.3. The first-order chi connectivity index (χ1) is 7.15. The summed E-state index contributed by atoms with van der Waals surface area (Å²) in [6.07, 6.45) is 0.118. The number of hydrogen-bond acceptors (Lipinski definition) is 6. The molecule has 1 aliphatic rings. The molecule has 0 aromatic rings. The third-order valence-electron chi connectivity index (χ3n) is 1.65. The fourth-order valence-corrected chi connectivity index (χ4v) is 1.01. The van der Waals surface area contributed by atoms with Gasteiger partial charge in [-0.2, -0.15) is 0 Å².